The number of aliphatic imine (C=N–C) groups is 1. The van der Waals surface area contributed by atoms with Crippen LogP contribution >= 0.6 is 0 Å². The van der Waals surface area contributed by atoms with E-state index in [4.69, 9.17) is 4.99 Å². The Kier molecular flexibility index (Phi) is 5.46. The molecule has 0 saturated carbocycles. The molecule has 3 aliphatic heterocycles. The second kappa shape index (κ2) is 8.76. The van der Waals surface area contributed by atoms with Gasteiger partial charge in [0.05, 0.1) is 18.7 Å². The van der Waals surface area contributed by atoms with Crippen LogP contribution in [-0.4, -0.2) is 50.5 Å². The van der Waals surface area contributed by atoms with E-state index in [0.717, 1.165) is 60.7 Å². The van der Waals surface area contributed by atoms with E-state index < -0.39 is 0 Å². The third kappa shape index (κ3) is 4.03. The molecule has 0 radical (unpaired) electrons. The van der Waals surface area contributed by atoms with Gasteiger partial charge in [0, 0.05) is 49.2 Å². The highest BCUT2D eigenvalue weighted by atomic mass is 16.2. The fourth-order valence-electron chi connectivity index (χ4n) is 5.55. The molecule has 6 nitrogen and oxygen atoms in total. The third-order valence-corrected chi connectivity index (χ3v) is 7.32. The van der Waals surface area contributed by atoms with Gasteiger partial charge in [-0.15, -0.1) is 0 Å². The highest BCUT2D eigenvalue weighted by Crippen LogP contribution is 2.31. The van der Waals surface area contributed by atoms with Crippen molar-refractivity contribution < 1.29 is 4.79 Å². The molecule has 1 amide bonds. The van der Waals surface area contributed by atoms with Gasteiger partial charge in [0.25, 0.3) is 0 Å². The van der Waals surface area contributed by atoms with Crippen LogP contribution in [-0.2, 0) is 30.8 Å². The summed E-state index contributed by atoms with van der Waals surface area (Å²) in [6, 6.07) is 15.4. The maximum atomic E-state index is 13.2. The number of fused-ring (bicyclic) bond motifs is 2. The molecule has 6 rings (SSSR count). The third-order valence-electron chi connectivity index (χ3n) is 7.32. The lowest BCUT2D eigenvalue weighted by atomic mass is 9.90. The van der Waals surface area contributed by atoms with E-state index in [2.05, 4.69) is 62.2 Å². The van der Waals surface area contributed by atoms with Gasteiger partial charge in [-0.1, -0.05) is 36.4 Å². The van der Waals surface area contributed by atoms with E-state index in [-0.39, 0.29) is 11.9 Å². The summed E-state index contributed by atoms with van der Waals surface area (Å²) in [4.78, 5) is 31.3. The molecule has 0 bridgehead atoms. The Morgan fingerprint density at radius 2 is 1.85 bits per heavy atom. The molecule has 172 valence electrons. The first-order valence-electron chi connectivity index (χ1n) is 12.2. The Hall–Kier alpha value is -3.38. The van der Waals surface area contributed by atoms with Gasteiger partial charge in [-0.3, -0.25) is 14.7 Å². The molecular weight excluding hydrogens is 422 g/mol. The summed E-state index contributed by atoms with van der Waals surface area (Å²) in [6.07, 6.45) is 6.40. The maximum absolute atomic E-state index is 13.2. The van der Waals surface area contributed by atoms with E-state index in [0.29, 0.717) is 19.5 Å². The zero-order chi connectivity index (χ0) is 23.1. The molecule has 34 heavy (non-hydrogen) atoms. The number of aryl methyl sites for hydroxylation is 1. The van der Waals surface area contributed by atoms with Crippen LogP contribution in [0.5, 0.6) is 0 Å². The average molecular weight is 452 g/mol. The molecule has 6 heteroatoms. The minimum Gasteiger partial charge on any atom is -0.334 e. The van der Waals surface area contributed by atoms with Crippen molar-refractivity contribution in [1.29, 1.82) is 0 Å². The molecule has 4 heterocycles. The van der Waals surface area contributed by atoms with Crippen molar-refractivity contribution in [2.24, 2.45) is 4.99 Å². The smallest absolute Gasteiger partial charge is 0.227 e. The molecule has 0 N–H and O–H groups in total. The highest BCUT2D eigenvalue weighted by molar-refractivity contribution is 6.15. The Labute approximate surface area is 200 Å². The van der Waals surface area contributed by atoms with E-state index in [1.165, 1.54) is 16.7 Å². The minimum absolute atomic E-state index is 0.255. The number of likely N-dealkylation sites (tertiary alicyclic amines) is 1. The fraction of sp³-hybridized carbons (Fsp3) is 0.357. The summed E-state index contributed by atoms with van der Waals surface area (Å²) >= 11 is 0. The van der Waals surface area contributed by atoms with Crippen LogP contribution in [0.3, 0.4) is 0 Å². The SMILES string of the molecule is Cc1ncc(C2=NCc3cc4c(cc32)CN([C@@H]2CCCN(Cc3ccccc3)C2)C(=O)C4)cn1. The van der Waals surface area contributed by atoms with Gasteiger partial charge >= 0.3 is 0 Å². The van der Waals surface area contributed by atoms with Gasteiger partial charge in [-0.2, -0.15) is 0 Å². The number of piperidine rings is 1. The monoisotopic (exact) mass is 451 g/mol. The second-order valence-electron chi connectivity index (χ2n) is 9.68. The average Bonchev–Trinajstić information content (AvgIpc) is 3.26. The lowest BCUT2D eigenvalue weighted by Gasteiger charge is -2.41. The zero-order valence-corrected chi connectivity index (χ0v) is 19.6. The van der Waals surface area contributed by atoms with E-state index in [1.54, 1.807) is 0 Å². The molecule has 0 unspecified atom stereocenters. The number of rotatable bonds is 4. The van der Waals surface area contributed by atoms with Gasteiger partial charge in [-0.25, -0.2) is 9.97 Å². The predicted octanol–water partition coefficient (Wildman–Crippen LogP) is 3.69. The van der Waals surface area contributed by atoms with Crippen LogP contribution in [0.4, 0.5) is 0 Å². The Bertz CT molecular complexity index is 1250. The molecular formula is C28H29N5O. The molecule has 1 aromatic heterocycles. The van der Waals surface area contributed by atoms with E-state index in [1.807, 2.05) is 19.3 Å². The summed E-state index contributed by atoms with van der Waals surface area (Å²) < 4.78 is 0. The normalized spacial score (nSPS) is 20.1. The number of carbonyl (C=O) groups excluding carboxylic acids is 1. The Balaban J connectivity index is 1.22. The lowest BCUT2D eigenvalue weighted by Crippen LogP contribution is -2.51. The Morgan fingerprint density at radius 1 is 1.03 bits per heavy atom. The van der Waals surface area contributed by atoms with Crippen molar-refractivity contribution >= 4 is 11.6 Å². The standard InChI is InChI=1S/C28H29N5O/c1-19-29-14-24(15-30-19)28-26-11-23-17-33(27(34)12-21(23)10-22(26)13-31-28)25-8-5-9-32(18-25)16-20-6-3-2-4-7-20/h2-4,6-7,10-11,14-15,25H,5,8-9,12-13,16-18H2,1H3/t25-/m1/s1. The quantitative estimate of drug-likeness (QED) is 0.607. The summed E-state index contributed by atoms with van der Waals surface area (Å²) in [6.45, 7) is 6.21. The first kappa shape index (κ1) is 21.2. The number of amides is 1. The summed E-state index contributed by atoms with van der Waals surface area (Å²) in [5, 5.41) is 0. The maximum Gasteiger partial charge on any atom is 0.227 e. The number of benzene rings is 2. The van der Waals surface area contributed by atoms with Gasteiger partial charge in [0.15, 0.2) is 0 Å². The number of nitrogens with zero attached hydrogens (tertiary/aromatic N) is 5. The fourth-order valence-corrected chi connectivity index (χ4v) is 5.55. The molecule has 1 saturated heterocycles. The predicted molar refractivity (Wildman–Crippen MR) is 132 cm³/mol. The number of carbonyl (C=O) groups is 1. The summed E-state index contributed by atoms with van der Waals surface area (Å²) in [7, 11) is 0. The second-order valence-corrected chi connectivity index (χ2v) is 9.68. The number of hydrogen-bond acceptors (Lipinski definition) is 5. The summed E-state index contributed by atoms with van der Waals surface area (Å²) in [5.41, 5.74) is 8.03. The van der Waals surface area contributed by atoms with Crippen LogP contribution < -0.4 is 0 Å². The van der Waals surface area contributed by atoms with Crippen LogP contribution in [0.15, 0.2) is 59.9 Å². The van der Waals surface area contributed by atoms with Crippen LogP contribution in [0.1, 0.15) is 52.0 Å². The van der Waals surface area contributed by atoms with Crippen LogP contribution in [0.25, 0.3) is 0 Å². The number of aromatic nitrogens is 2. The topological polar surface area (TPSA) is 61.7 Å². The van der Waals surface area contributed by atoms with Gasteiger partial charge in [-0.05, 0) is 54.6 Å². The van der Waals surface area contributed by atoms with Crippen molar-refractivity contribution in [2.45, 2.75) is 51.9 Å². The molecule has 3 aromatic rings. The van der Waals surface area contributed by atoms with Gasteiger partial charge < -0.3 is 4.90 Å². The highest BCUT2D eigenvalue weighted by Gasteiger charge is 2.33. The largest absolute Gasteiger partial charge is 0.334 e. The van der Waals surface area contributed by atoms with Crippen molar-refractivity contribution in [1.82, 2.24) is 19.8 Å². The van der Waals surface area contributed by atoms with Crippen molar-refractivity contribution in [3.8, 4) is 0 Å². The van der Waals surface area contributed by atoms with E-state index in [9.17, 15) is 4.79 Å². The first-order chi connectivity index (χ1) is 16.6. The lowest BCUT2D eigenvalue weighted by molar-refractivity contribution is -0.135. The molecule has 2 aromatic carbocycles. The van der Waals surface area contributed by atoms with Gasteiger partial charge in [0.2, 0.25) is 5.91 Å². The molecule has 0 aliphatic carbocycles. The molecule has 0 spiro atoms. The van der Waals surface area contributed by atoms with E-state index >= 15 is 0 Å². The zero-order valence-electron chi connectivity index (χ0n) is 19.6. The van der Waals surface area contributed by atoms with Crippen molar-refractivity contribution in [2.75, 3.05) is 13.1 Å². The number of hydrogen-bond donors (Lipinski definition) is 0. The van der Waals surface area contributed by atoms with Crippen LogP contribution in [0.2, 0.25) is 0 Å². The van der Waals surface area contributed by atoms with Crippen molar-refractivity contribution in [3.05, 3.63) is 94.1 Å². The minimum atomic E-state index is 0.255. The molecule has 1 atom stereocenters. The van der Waals surface area contributed by atoms with Crippen LogP contribution in [0, 0.1) is 6.92 Å². The Morgan fingerprint density at radius 3 is 2.68 bits per heavy atom. The molecule has 3 aliphatic rings. The molecule has 1 fully saturated rings. The van der Waals surface area contributed by atoms with Gasteiger partial charge in [0.1, 0.15) is 5.82 Å². The summed E-state index contributed by atoms with van der Waals surface area (Å²) in [5.74, 6) is 1.01. The first-order valence-corrected chi connectivity index (χ1v) is 12.2. The van der Waals surface area contributed by atoms with Crippen molar-refractivity contribution in [3.63, 3.8) is 0 Å².